The largest absolute Gasteiger partial charge is 0.496 e. The van der Waals surface area contributed by atoms with Crippen molar-refractivity contribution >= 4 is 11.4 Å². The van der Waals surface area contributed by atoms with Crippen LogP contribution in [0.15, 0.2) is 36.7 Å². The molecule has 1 atom stereocenters. The maximum absolute atomic E-state index is 13.5. The number of ether oxygens (including phenoxy) is 2. The van der Waals surface area contributed by atoms with Gasteiger partial charge in [0.2, 0.25) is 0 Å². The monoisotopic (exact) mass is 521 g/mol. The molecule has 3 aromatic rings. The fourth-order valence-corrected chi connectivity index (χ4v) is 4.36. The minimum atomic E-state index is -4.59. The van der Waals surface area contributed by atoms with Crippen molar-refractivity contribution in [3.63, 3.8) is 0 Å². The minimum absolute atomic E-state index is 0.188. The molecular weight excluding hydrogens is 497 g/mol. The summed E-state index contributed by atoms with van der Waals surface area (Å²) < 4.78 is 78.8. The lowest BCUT2D eigenvalue weighted by Gasteiger charge is -2.21. The summed E-state index contributed by atoms with van der Waals surface area (Å²) >= 11 is 0. The first-order valence-corrected chi connectivity index (χ1v) is 11.5. The Balaban J connectivity index is 1.79. The van der Waals surface area contributed by atoms with E-state index in [-0.39, 0.29) is 5.75 Å². The van der Waals surface area contributed by atoms with E-state index in [0.717, 1.165) is 11.6 Å². The van der Waals surface area contributed by atoms with Crippen molar-refractivity contribution in [2.24, 2.45) is 11.8 Å². The third-order valence-electron chi connectivity index (χ3n) is 6.61. The summed E-state index contributed by atoms with van der Waals surface area (Å²) in [6, 6.07) is 8.19. The average molecular weight is 521 g/mol. The van der Waals surface area contributed by atoms with Crippen LogP contribution < -0.4 is 9.47 Å². The second kappa shape index (κ2) is 9.65. The van der Waals surface area contributed by atoms with E-state index in [9.17, 15) is 32.0 Å². The highest BCUT2D eigenvalue weighted by Gasteiger charge is 2.49. The van der Waals surface area contributed by atoms with Crippen molar-refractivity contribution in [3.8, 4) is 28.8 Å². The number of nitriles is 1. The number of alkyl halides is 5. The molecule has 37 heavy (non-hydrogen) atoms. The van der Waals surface area contributed by atoms with Crippen LogP contribution in [0.5, 0.6) is 11.5 Å². The van der Waals surface area contributed by atoms with Gasteiger partial charge in [-0.1, -0.05) is 0 Å². The molecule has 6 nitrogen and oxygen atoms in total. The van der Waals surface area contributed by atoms with Crippen molar-refractivity contribution in [2.45, 2.75) is 51.3 Å². The first-order chi connectivity index (χ1) is 17.4. The molecule has 11 heteroatoms. The highest BCUT2D eigenvalue weighted by atomic mass is 19.4. The molecule has 0 amide bonds. The Kier molecular flexibility index (Phi) is 6.88. The van der Waals surface area contributed by atoms with Crippen molar-refractivity contribution < 1.29 is 36.2 Å². The van der Waals surface area contributed by atoms with Gasteiger partial charge in [-0.05, 0) is 62.4 Å². The van der Waals surface area contributed by atoms with Crippen molar-refractivity contribution in [2.75, 3.05) is 7.11 Å². The number of carbonyl (C=O) groups excluding carboxylic acids is 1. The molecule has 1 saturated carbocycles. The number of methoxy groups -OCH3 is 1. The van der Waals surface area contributed by atoms with Gasteiger partial charge in [-0.25, -0.2) is 4.98 Å². The zero-order valence-corrected chi connectivity index (χ0v) is 20.3. The van der Waals surface area contributed by atoms with Crippen LogP contribution in [0.2, 0.25) is 0 Å². The van der Waals surface area contributed by atoms with Gasteiger partial charge in [0.15, 0.2) is 5.78 Å². The van der Waals surface area contributed by atoms with Gasteiger partial charge in [-0.15, -0.1) is 0 Å². The van der Waals surface area contributed by atoms with Crippen molar-refractivity contribution in [1.82, 2.24) is 9.38 Å². The number of rotatable bonds is 9. The number of hydrogen-bond donors (Lipinski definition) is 0. The van der Waals surface area contributed by atoms with E-state index < -0.39 is 53.6 Å². The van der Waals surface area contributed by atoms with Gasteiger partial charge in [0, 0.05) is 18.2 Å². The van der Waals surface area contributed by atoms with Crippen LogP contribution in [-0.2, 0) is 5.41 Å². The quantitative estimate of drug-likeness (QED) is 0.235. The standard InChI is InChI=1S/C26H24F5N3O3/c1-25(2,13-32)16-6-7-34-18(12-33-22(34)10-16)15-8-20(36-3)23(21(9-15)37-24(27)28)19(35)11-17(14-4-5-14)26(29,30)31/h6-10,12,14,17,24H,4-5,11H2,1-3H3. The van der Waals surface area contributed by atoms with Gasteiger partial charge >= 0.3 is 12.8 Å². The normalized spacial score (nSPS) is 15.0. The average Bonchev–Trinajstić information content (AvgIpc) is 3.58. The SMILES string of the molecule is COc1cc(-c2cnc3cc(C(C)(C)C#N)ccn23)cc(OC(F)F)c1C(=O)CC(C1CC1)C(F)(F)F. The number of imidazole rings is 1. The number of ketones is 1. The number of nitrogens with zero attached hydrogens (tertiary/aromatic N) is 3. The Morgan fingerprint density at radius 3 is 2.46 bits per heavy atom. The molecule has 1 aliphatic rings. The summed E-state index contributed by atoms with van der Waals surface area (Å²) in [6.45, 7) is 0.180. The number of pyridine rings is 1. The second-order valence-corrected chi connectivity index (χ2v) is 9.57. The topological polar surface area (TPSA) is 76.6 Å². The number of halogens is 5. The van der Waals surface area contributed by atoms with Gasteiger partial charge in [0.05, 0.1) is 36.4 Å². The first kappa shape index (κ1) is 26.4. The smallest absolute Gasteiger partial charge is 0.392 e. The molecule has 196 valence electrons. The van der Waals surface area contributed by atoms with E-state index in [1.54, 1.807) is 36.6 Å². The molecule has 1 aromatic carbocycles. The van der Waals surface area contributed by atoms with E-state index in [1.807, 2.05) is 0 Å². The summed E-state index contributed by atoms with van der Waals surface area (Å²) in [6.07, 6.45) is -1.65. The number of carbonyl (C=O) groups is 1. The highest BCUT2D eigenvalue weighted by molar-refractivity contribution is 6.02. The Labute approximate surface area is 209 Å². The van der Waals surface area contributed by atoms with Gasteiger partial charge in [0.25, 0.3) is 0 Å². The fourth-order valence-electron chi connectivity index (χ4n) is 4.36. The summed E-state index contributed by atoms with van der Waals surface area (Å²) in [5.74, 6) is -4.29. The lowest BCUT2D eigenvalue weighted by molar-refractivity contribution is -0.179. The molecule has 0 aliphatic heterocycles. The number of hydrogen-bond acceptors (Lipinski definition) is 5. The lowest BCUT2D eigenvalue weighted by atomic mass is 9.87. The van der Waals surface area contributed by atoms with E-state index in [1.165, 1.54) is 19.4 Å². The maximum atomic E-state index is 13.5. The van der Waals surface area contributed by atoms with E-state index >= 15 is 0 Å². The van der Waals surface area contributed by atoms with Crippen molar-refractivity contribution in [1.29, 1.82) is 5.26 Å². The Hall–Kier alpha value is -3.68. The van der Waals surface area contributed by atoms with Crippen LogP contribution in [0.1, 0.15) is 49.0 Å². The molecule has 2 aromatic heterocycles. The first-order valence-electron chi connectivity index (χ1n) is 11.5. The zero-order chi connectivity index (χ0) is 27.1. The molecule has 1 fully saturated rings. The summed E-state index contributed by atoms with van der Waals surface area (Å²) in [4.78, 5) is 17.4. The van der Waals surface area contributed by atoms with Gasteiger partial charge in [-0.3, -0.25) is 9.20 Å². The van der Waals surface area contributed by atoms with Crippen LogP contribution in [-0.4, -0.2) is 35.1 Å². The third-order valence-corrected chi connectivity index (χ3v) is 6.61. The molecule has 0 N–H and O–H groups in total. The van der Waals surface area contributed by atoms with Gasteiger partial charge < -0.3 is 9.47 Å². The van der Waals surface area contributed by atoms with Gasteiger partial charge in [0.1, 0.15) is 22.7 Å². The molecule has 0 spiro atoms. The molecule has 1 aliphatic carbocycles. The summed E-state index contributed by atoms with van der Waals surface area (Å²) in [7, 11) is 1.19. The maximum Gasteiger partial charge on any atom is 0.392 e. The second-order valence-electron chi connectivity index (χ2n) is 9.57. The lowest BCUT2D eigenvalue weighted by Crippen LogP contribution is -2.27. The van der Waals surface area contributed by atoms with Crippen LogP contribution in [0, 0.1) is 23.2 Å². The Morgan fingerprint density at radius 1 is 1.22 bits per heavy atom. The molecule has 1 unspecified atom stereocenters. The summed E-state index contributed by atoms with van der Waals surface area (Å²) in [5, 5.41) is 9.41. The number of aromatic nitrogens is 2. The molecule has 4 rings (SSSR count). The van der Waals surface area contributed by atoms with Crippen LogP contribution in [0.4, 0.5) is 22.0 Å². The minimum Gasteiger partial charge on any atom is -0.496 e. The van der Waals surface area contributed by atoms with Crippen LogP contribution in [0.3, 0.4) is 0 Å². The predicted molar refractivity (Wildman–Crippen MR) is 124 cm³/mol. The number of benzene rings is 1. The van der Waals surface area contributed by atoms with Crippen molar-refractivity contribution in [3.05, 3.63) is 47.8 Å². The van der Waals surface area contributed by atoms with E-state index in [0.29, 0.717) is 29.7 Å². The molecular formula is C26H24F5N3O3. The van der Waals surface area contributed by atoms with Gasteiger partial charge in [-0.2, -0.15) is 27.2 Å². The molecule has 2 heterocycles. The van der Waals surface area contributed by atoms with E-state index in [2.05, 4.69) is 15.8 Å². The Bertz CT molecular complexity index is 1370. The number of fused-ring (bicyclic) bond motifs is 1. The fraction of sp³-hybridized carbons (Fsp3) is 0.423. The summed E-state index contributed by atoms with van der Waals surface area (Å²) in [5.41, 5.74) is 0.677. The van der Waals surface area contributed by atoms with E-state index in [4.69, 9.17) is 4.74 Å². The Morgan fingerprint density at radius 2 is 1.89 bits per heavy atom. The van der Waals surface area contributed by atoms with Crippen LogP contribution >= 0.6 is 0 Å². The van der Waals surface area contributed by atoms with Crippen LogP contribution in [0.25, 0.3) is 16.9 Å². The zero-order valence-electron chi connectivity index (χ0n) is 20.3. The third kappa shape index (κ3) is 5.38. The molecule has 0 saturated heterocycles. The highest BCUT2D eigenvalue weighted by Crippen LogP contribution is 2.48. The number of Topliss-reactive ketones (excluding diaryl/α,β-unsaturated/α-hetero) is 1. The molecule has 0 bridgehead atoms. The predicted octanol–water partition coefficient (Wildman–Crippen LogP) is 6.57. The molecule has 0 radical (unpaired) electrons.